The average Bonchev–Trinajstić information content (AvgIpc) is 2.92. The molecule has 1 aliphatic carbocycles. The van der Waals surface area contributed by atoms with Crippen LogP contribution in [0, 0.1) is 5.92 Å². The highest BCUT2D eigenvalue weighted by Gasteiger charge is 2.26. The lowest BCUT2D eigenvalue weighted by Crippen LogP contribution is -2.37. The van der Waals surface area contributed by atoms with Crippen LogP contribution in [0.25, 0.3) is 0 Å². The summed E-state index contributed by atoms with van der Waals surface area (Å²) in [5, 5.41) is 9.32. The summed E-state index contributed by atoms with van der Waals surface area (Å²) < 4.78 is 27.4. The van der Waals surface area contributed by atoms with Crippen LogP contribution >= 0.6 is 11.6 Å². The SMILES string of the molecule is CC(NS(=O)(=O)c1ccc(CO)c(Cl)c1)C1CCCC1. The first-order chi connectivity index (χ1) is 9.44. The zero-order valence-electron chi connectivity index (χ0n) is 11.5. The molecule has 1 aromatic rings. The van der Waals surface area contributed by atoms with Crippen LogP contribution in [0.2, 0.25) is 5.02 Å². The predicted octanol–water partition coefficient (Wildman–Crippen LogP) is 2.69. The van der Waals surface area contributed by atoms with Crippen LogP contribution < -0.4 is 4.72 Å². The molecule has 6 heteroatoms. The molecule has 0 aromatic heterocycles. The first kappa shape index (κ1) is 15.8. The van der Waals surface area contributed by atoms with Crippen molar-refractivity contribution in [2.45, 2.75) is 50.2 Å². The molecular weight excluding hydrogens is 298 g/mol. The average molecular weight is 318 g/mol. The largest absolute Gasteiger partial charge is 0.392 e. The molecule has 112 valence electrons. The van der Waals surface area contributed by atoms with Crippen LogP contribution in [0.4, 0.5) is 0 Å². The Labute approximate surface area is 125 Å². The summed E-state index contributed by atoms with van der Waals surface area (Å²) in [5.74, 6) is 0.414. The molecule has 0 spiro atoms. The molecule has 20 heavy (non-hydrogen) atoms. The number of benzene rings is 1. The van der Waals surface area contributed by atoms with E-state index in [2.05, 4.69) is 4.72 Å². The van der Waals surface area contributed by atoms with E-state index in [-0.39, 0.29) is 22.6 Å². The van der Waals surface area contributed by atoms with E-state index in [1.165, 1.54) is 31.0 Å². The molecule has 1 unspecified atom stereocenters. The molecule has 1 fully saturated rings. The Bertz CT molecular complexity index is 568. The Balaban J connectivity index is 2.15. The molecule has 0 aliphatic heterocycles. The maximum atomic E-state index is 12.3. The Morgan fingerprint density at radius 1 is 1.40 bits per heavy atom. The number of hydrogen-bond donors (Lipinski definition) is 2. The van der Waals surface area contributed by atoms with Gasteiger partial charge in [-0.25, -0.2) is 13.1 Å². The fourth-order valence-electron chi connectivity index (χ4n) is 2.69. The highest BCUT2D eigenvalue weighted by Crippen LogP contribution is 2.28. The van der Waals surface area contributed by atoms with Crippen LogP contribution in [-0.4, -0.2) is 19.6 Å². The fraction of sp³-hybridized carbons (Fsp3) is 0.571. The number of aliphatic hydroxyl groups is 1. The second-order valence-electron chi connectivity index (χ2n) is 5.37. The van der Waals surface area contributed by atoms with Gasteiger partial charge in [0.05, 0.1) is 11.5 Å². The fourth-order valence-corrected chi connectivity index (χ4v) is 4.33. The maximum absolute atomic E-state index is 12.3. The molecule has 2 rings (SSSR count). The molecule has 1 atom stereocenters. The van der Waals surface area contributed by atoms with E-state index in [4.69, 9.17) is 16.7 Å². The monoisotopic (exact) mass is 317 g/mol. The van der Waals surface area contributed by atoms with Gasteiger partial charge in [-0.15, -0.1) is 0 Å². The molecule has 2 N–H and O–H groups in total. The smallest absolute Gasteiger partial charge is 0.240 e. The summed E-state index contributed by atoms with van der Waals surface area (Å²) in [6, 6.07) is 4.33. The van der Waals surface area contributed by atoms with E-state index >= 15 is 0 Å². The van der Waals surface area contributed by atoms with Crippen LogP contribution in [0.15, 0.2) is 23.1 Å². The minimum absolute atomic E-state index is 0.0706. The van der Waals surface area contributed by atoms with Gasteiger partial charge in [0, 0.05) is 11.1 Å². The van der Waals surface area contributed by atoms with Crippen LogP contribution in [0.1, 0.15) is 38.2 Å². The van der Waals surface area contributed by atoms with Crippen molar-refractivity contribution in [1.29, 1.82) is 0 Å². The van der Waals surface area contributed by atoms with E-state index in [1.54, 1.807) is 0 Å². The number of hydrogen-bond acceptors (Lipinski definition) is 3. The van der Waals surface area contributed by atoms with Crippen molar-refractivity contribution in [2.24, 2.45) is 5.92 Å². The summed E-state index contributed by atoms with van der Waals surface area (Å²) in [5.41, 5.74) is 0.523. The second-order valence-corrected chi connectivity index (χ2v) is 7.49. The van der Waals surface area contributed by atoms with Gasteiger partial charge < -0.3 is 5.11 Å². The third-order valence-electron chi connectivity index (χ3n) is 3.95. The number of halogens is 1. The molecule has 0 saturated heterocycles. The van der Waals surface area contributed by atoms with Crippen LogP contribution in [0.3, 0.4) is 0 Å². The minimum atomic E-state index is -3.56. The van der Waals surface area contributed by atoms with E-state index in [1.807, 2.05) is 6.92 Å². The molecule has 0 bridgehead atoms. The van der Waals surface area contributed by atoms with Gasteiger partial charge in [-0.1, -0.05) is 30.5 Å². The van der Waals surface area contributed by atoms with Crippen molar-refractivity contribution in [1.82, 2.24) is 4.72 Å². The molecule has 0 amide bonds. The zero-order valence-corrected chi connectivity index (χ0v) is 13.0. The van der Waals surface area contributed by atoms with Gasteiger partial charge in [0.25, 0.3) is 0 Å². The van der Waals surface area contributed by atoms with Crippen molar-refractivity contribution in [2.75, 3.05) is 0 Å². The Morgan fingerprint density at radius 2 is 2.05 bits per heavy atom. The minimum Gasteiger partial charge on any atom is -0.392 e. The summed E-state index contributed by atoms with van der Waals surface area (Å²) in [6.07, 6.45) is 4.50. The molecular formula is C14H20ClNO3S. The van der Waals surface area contributed by atoms with E-state index in [0.717, 1.165) is 12.8 Å². The third-order valence-corrected chi connectivity index (χ3v) is 5.86. The van der Waals surface area contributed by atoms with Gasteiger partial charge in [0.15, 0.2) is 0 Å². The second kappa shape index (κ2) is 6.43. The van der Waals surface area contributed by atoms with E-state index in [9.17, 15) is 8.42 Å². The first-order valence-corrected chi connectivity index (χ1v) is 8.72. The topological polar surface area (TPSA) is 66.4 Å². The Kier molecular flexibility index (Phi) is 5.07. The van der Waals surface area contributed by atoms with Crippen molar-refractivity contribution < 1.29 is 13.5 Å². The van der Waals surface area contributed by atoms with Gasteiger partial charge >= 0.3 is 0 Å². The summed E-state index contributed by atoms with van der Waals surface area (Å²) in [6.45, 7) is 1.71. The lowest BCUT2D eigenvalue weighted by Gasteiger charge is -2.20. The zero-order chi connectivity index (χ0) is 14.8. The number of nitrogens with one attached hydrogen (secondary N) is 1. The number of aliphatic hydroxyl groups excluding tert-OH is 1. The van der Waals surface area contributed by atoms with Gasteiger partial charge in [-0.05, 0) is 43.4 Å². The predicted molar refractivity (Wildman–Crippen MR) is 79.1 cm³/mol. The molecule has 0 heterocycles. The lowest BCUT2D eigenvalue weighted by atomic mass is 10.0. The van der Waals surface area contributed by atoms with Crippen molar-refractivity contribution in [3.8, 4) is 0 Å². The third kappa shape index (κ3) is 3.52. The summed E-state index contributed by atoms with van der Waals surface area (Å²) in [7, 11) is -3.56. The molecule has 0 radical (unpaired) electrons. The maximum Gasteiger partial charge on any atom is 0.240 e. The Morgan fingerprint density at radius 3 is 2.60 bits per heavy atom. The van der Waals surface area contributed by atoms with Crippen LogP contribution in [0.5, 0.6) is 0 Å². The van der Waals surface area contributed by atoms with Gasteiger partial charge in [0.2, 0.25) is 10.0 Å². The van der Waals surface area contributed by atoms with Crippen molar-refractivity contribution in [3.05, 3.63) is 28.8 Å². The molecule has 1 saturated carbocycles. The summed E-state index contributed by atoms with van der Waals surface area (Å²) in [4.78, 5) is 0.143. The summed E-state index contributed by atoms with van der Waals surface area (Å²) >= 11 is 5.95. The standard InChI is InChI=1S/C14H20ClNO3S/c1-10(11-4-2-3-5-11)16-20(18,19)13-7-6-12(9-17)14(15)8-13/h6-8,10-11,16-17H,2-5,9H2,1H3. The number of rotatable bonds is 5. The highest BCUT2D eigenvalue weighted by atomic mass is 35.5. The van der Waals surface area contributed by atoms with E-state index in [0.29, 0.717) is 11.5 Å². The lowest BCUT2D eigenvalue weighted by molar-refractivity contribution is 0.282. The van der Waals surface area contributed by atoms with Crippen LogP contribution in [-0.2, 0) is 16.6 Å². The normalized spacial score (nSPS) is 18.4. The van der Waals surface area contributed by atoms with Crippen molar-refractivity contribution in [3.63, 3.8) is 0 Å². The first-order valence-electron chi connectivity index (χ1n) is 6.85. The van der Waals surface area contributed by atoms with Gasteiger partial charge in [-0.2, -0.15) is 0 Å². The molecule has 4 nitrogen and oxygen atoms in total. The van der Waals surface area contributed by atoms with E-state index < -0.39 is 10.0 Å². The molecule has 1 aliphatic rings. The quantitative estimate of drug-likeness (QED) is 0.877. The van der Waals surface area contributed by atoms with Gasteiger partial charge in [0.1, 0.15) is 0 Å². The molecule has 1 aromatic carbocycles. The Hall–Kier alpha value is -0.620. The van der Waals surface area contributed by atoms with Gasteiger partial charge in [-0.3, -0.25) is 0 Å². The van der Waals surface area contributed by atoms with Crippen molar-refractivity contribution >= 4 is 21.6 Å². The number of sulfonamides is 1. The highest BCUT2D eigenvalue weighted by molar-refractivity contribution is 7.89.